The number of amides is 1. The van der Waals surface area contributed by atoms with E-state index < -0.39 is 0 Å². The number of carbonyl (C=O) groups excluding carboxylic acids is 1. The molecule has 3 aromatic rings. The van der Waals surface area contributed by atoms with Crippen molar-refractivity contribution < 1.29 is 4.79 Å². The van der Waals surface area contributed by atoms with E-state index in [1.165, 1.54) is 18.0 Å². The summed E-state index contributed by atoms with van der Waals surface area (Å²) in [4.78, 5) is 20.8. The molecule has 0 aliphatic heterocycles. The Morgan fingerprint density at radius 3 is 2.00 bits per heavy atom. The van der Waals surface area contributed by atoms with Gasteiger partial charge in [-0.05, 0) is 47.4 Å². The molecule has 27 heavy (non-hydrogen) atoms. The molecule has 138 valence electrons. The van der Waals surface area contributed by atoms with Gasteiger partial charge in [0.05, 0.1) is 5.56 Å². The third-order valence-electron chi connectivity index (χ3n) is 4.02. The number of carbonyl (C=O) groups is 1. The minimum absolute atomic E-state index is 0.0727. The van der Waals surface area contributed by atoms with Crippen LogP contribution in [0.3, 0.4) is 0 Å². The van der Waals surface area contributed by atoms with Crippen LogP contribution in [0.2, 0.25) is 5.02 Å². The molecule has 1 aromatic heterocycles. The molecule has 0 unspecified atom stereocenters. The number of hydrogen-bond donors (Lipinski definition) is 2. The third-order valence-corrected chi connectivity index (χ3v) is 4.28. The van der Waals surface area contributed by atoms with Crippen molar-refractivity contribution in [2.45, 2.75) is 26.2 Å². The predicted octanol–water partition coefficient (Wildman–Crippen LogP) is 5.42. The number of rotatable bonds is 4. The monoisotopic (exact) mass is 380 g/mol. The van der Waals surface area contributed by atoms with Crippen LogP contribution >= 0.6 is 11.6 Å². The van der Waals surface area contributed by atoms with E-state index in [1.807, 2.05) is 36.4 Å². The number of anilines is 3. The maximum atomic E-state index is 12.4. The molecule has 0 spiro atoms. The first kappa shape index (κ1) is 18.9. The van der Waals surface area contributed by atoms with Gasteiger partial charge >= 0.3 is 0 Å². The van der Waals surface area contributed by atoms with Gasteiger partial charge in [-0.1, -0.05) is 44.5 Å². The van der Waals surface area contributed by atoms with Crippen LogP contribution in [0.1, 0.15) is 36.7 Å². The second-order valence-electron chi connectivity index (χ2n) is 7.21. The average Bonchev–Trinajstić information content (AvgIpc) is 2.64. The fourth-order valence-corrected chi connectivity index (χ4v) is 2.55. The van der Waals surface area contributed by atoms with E-state index in [9.17, 15) is 4.79 Å². The summed E-state index contributed by atoms with van der Waals surface area (Å²) in [5, 5.41) is 6.57. The Morgan fingerprint density at radius 1 is 0.889 bits per heavy atom. The van der Waals surface area contributed by atoms with E-state index in [-0.39, 0.29) is 11.3 Å². The molecule has 6 heteroatoms. The largest absolute Gasteiger partial charge is 0.324 e. The van der Waals surface area contributed by atoms with Gasteiger partial charge < -0.3 is 10.6 Å². The Kier molecular flexibility index (Phi) is 5.42. The highest BCUT2D eigenvalue weighted by Gasteiger charge is 2.13. The lowest BCUT2D eigenvalue weighted by molar-refractivity contribution is 0.102. The second-order valence-corrected chi connectivity index (χ2v) is 7.65. The van der Waals surface area contributed by atoms with Crippen LogP contribution < -0.4 is 10.6 Å². The number of hydrogen-bond acceptors (Lipinski definition) is 4. The Bertz CT molecular complexity index is 914. The molecule has 0 atom stereocenters. The molecule has 0 bridgehead atoms. The van der Waals surface area contributed by atoms with E-state index in [2.05, 4.69) is 41.4 Å². The minimum atomic E-state index is -0.253. The van der Waals surface area contributed by atoms with Crippen molar-refractivity contribution in [1.29, 1.82) is 0 Å². The van der Waals surface area contributed by atoms with Crippen molar-refractivity contribution in [3.8, 4) is 0 Å². The van der Waals surface area contributed by atoms with Crippen LogP contribution in [0.5, 0.6) is 0 Å². The Labute approximate surface area is 163 Å². The SMILES string of the molecule is CC(C)(C)c1ccc(NC(=O)c2cnc(Nc3ccc(Cl)cc3)nc2)cc1. The highest BCUT2D eigenvalue weighted by molar-refractivity contribution is 6.30. The Morgan fingerprint density at radius 2 is 1.44 bits per heavy atom. The summed E-state index contributed by atoms with van der Waals surface area (Å²) in [7, 11) is 0. The van der Waals surface area contributed by atoms with E-state index in [0.717, 1.165) is 11.4 Å². The minimum Gasteiger partial charge on any atom is -0.324 e. The predicted molar refractivity (Wildman–Crippen MR) is 110 cm³/mol. The lowest BCUT2D eigenvalue weighted by Crippen LogP contribution is -2.14. The highest BCUT2D eigenvalue weighted by atomic mass is 35.5. The molecule has 2 aromatic carbocycles. The van der Waals surface area contributed by atoms with Crippen LogP contribution in [0.4, 0.5) is 17.3 Å². The van der Waals surface area contributed by atoms with E-state index >= 15 is 0 Å². The lowest BCUT2D eigenvalue weighted by Gasteiger charge is -2.19. The number of aromatic nitrogens is 2. The zero-order valence-electron chi connectivity index (χ0n) is 15.5. The molecule has 0 aliphatic rings. The Balaban J connectivity index is 1.64. The van der Waals surface area contributed by atoms with Crippen molar-refractivity contribution in [3.63, 3.8) is 0 Å². The molecule has 0 saturated carbocycles. The molecule has 0 saturated heterocycles. The van der Waals surface area contributed by atoms with E-state index in [4.69, 9.17) is 11.6 Å². The quantitative estimate of drug-likeness (QED) is 0.633. The fourth-order valence-electron chi connectivity index (χ4n) is 2.43. The van der Waals surface area contributed by atoms with E-state index in [0.29, 0.717) is 16.5 Å². The Hall–Kier alpha value is -2.92. The number of nitrogens with zero attached hydrogens (tertiary/aromatic N) is 2. The number of halogens is 1. The molecule has 3 rings (SSSR count). The van der Waals surface area contributed by atoms with E-state index in [1.54, 1.807) is 12.1 Å². The standard InChI is InChI=1S/C21H21ClN4O/c1-21(2,3)15-4-8-17(9-5-15)25-19(27)14-12-23-20(24-13-14)26-18-10-6-16(22)7-11-18/h4-13H,1-3H3,(H,25,27)(H,23,24,26). The number of benzene rings is 2. The van der Waals surface area contributed by atoms with Gasteiger partial charge in [-0.15, -0.1) is 0 Å². The van der Waals surface area contributed by atoms with Crippen LogP contribution in [0, 0.1) is 0 Å². The van der Waals surface area contributed by atoms with Crippen molar-refractivity contribution >= 4 is 34.8 Å². The topological polar surface area (TPSA) is 66.9 Å². The number of nitrogens with one attached hydrogen (secondary N) is 2. The summed E-state index contributed by atoms with van der Waals surface area (Å²) in [6.07, 6.45) is 2.98. The molecule has 1 heterocycles. The van der Waals surface area contributed by atoms with Gasteiger partial charge in [-0.3, -0.25) is 4.79 Å². The summed E-state index contributed by atoms with van der Waals surface area (Å²) in [6, 6.07) is 15.0. The zero-order valence-corrected chi connectivity index (χ0v) is 16.2. The first-order valence-electron chi connectivity index (χ1n) is 8.58. The lowest BCUT2D eigenvalue weighted by atomic mass is 9.87. The highest BCUT2D eigenvalue weighted by Crippen LogP contribution is 2.23. The molecular formula is C21H21ClN4O. The average molecular weight is 381 g/mol. The van der Waals surface area contributed by atoms with Crippen molar-refractivity contribution in [2.24, 2.45) is 0 Å². The second kappa shape index (κ2) is 7.76. The summed E-state index contributed by atoms with van der Waals surface area (Å²) < 4.78 is 0. The maximum absolute atomic E-state index is 12.4. The first-order valence-corrected chi connectivity index (χ1v) is 8.95. The van der Waals surface area contributed by atoms with Gasteiger partial charge in [0.15, 0.2) is 0 Å². The normalized spacial score (nSPS) is 11.1. The van der Waals surface area contributed by atoms with Gasteiger partial charge in [0.2, 0.25) is 5.95 Å². The molecule has 2 N–H and O–H groups in total. The van der Waals surface area contributed by atoms with Crippen molar-refractivity contribution in [1.82, 2.24) is 9.97 Å². The van der Waals surface area contributed by atoms with Gasteiger partial charge in [-0.2, -0.15) is 0 Å². The zero-order chi connectivity index (χ0) is 19.4. The van der Waals surface area contributed by atoms with Crippen LogP contribution in [-0.4, -0.2) is 15.9 Å². The van der Waals surface area contributed by atoms with Gasteiger partial charge in [0.25, 0.3) is 5.91 Å². The van der Waals surface area contributed by atoms with Gasteiger partial charge in [-0.25, -0.2) is 9.97 Å². The van der Waals surface area contributed by atoms with Gasteiger partial charge in [0.1, 0.15) is 0 Å². The van der Waals surface area contributed by atoms with Crippen molar-refractivity contribution in [2.75, 3.05) is 10.6 Å². The molecule has 5 nitrogen and oxygen atoms in total. The van der Waals surface area contributed by atoms with Crippen molar-refractivity contribution in [3.05, 3.63) is 77.1 Å². The van der Waals surface area contributed by atoms with Crippen LogP contribution in [-0.2, 0) is 5.41 Å². The fraction of sp³-hybridized carbons (Fsp3) is 0.190. The molecule has 0 fully saturated rings. The summed E-state index contributed by atoms with van der Waals surface area (Å²) in [5.74, 6) is 0.153. The van der Waals surface area contributed by atoms with Gasteiger partial charge in [0, 0.05) is 28.8 Å². The van der Waals surface area contributed by atoms with Crippen LogP contribution in [0.25, 0.3) is 0 Å². The molecule has 1 amide bonds. The molecular weight excluding hydrogens is 360 g/mol. The third kappa shape index (κ3) is 5.05. The summed E-state index contributed by atoms with van der Waals surface area (Å²) in [5.41, 5.74) is 3.22. The molecule has 0 aliphatic carbocycles. The maximum Gasteiger partial charge on any atom is 0.258 e. The summed E-state index contributed by atoms with van der Waals surface area (Å²) in [6.45, 7) is 6.45. The van der Waals surface area contributed by atoms with Crippen LogP contribution in [0.15, 0.2) is 60.9 Å². The smallest absolute Gasteiger partial charge is 0.258 e. The first-order chi connectivity index (χ1) is 12.8. The molecule has 0 radical (unpaired) electrons. The summed E-state index contributed by atoms with van der Waals surface area (Å²) >= 11 is 5.86.